The van der Waals surface area contributed by atoms with Gasteiger partial charge in [0.15, 0.2) is 11.6 Å². The molecule has 0 aliphatic carbocycles. The topological polar surface area (TPSA) is 111 Å². The molecule has 240 valence electrons. The number of nitrogens with one attached hydrogen (secondary N) is 2. The van der Waals surface area contributed by atoms with Crippen molar-refractivity contribution in [2.45, 2.75) is 37.8 Å². The second kappa shape index (κ2) is 15.9. The summed E-state index contributed by atoms with van der Waals surface area (Å²) >= 11 is 0. The van der Waals surface area contributed by atoms with Gasteiger partial charge in [-0.1, -0.05) is 60.7 Å². The van der Waals surface area contributed by atoms with Gasteiger partial charge in [-0.2, -0.15) is 0 Å². The summed E-state index contributed by atoms with van der Waals surface area (Å²) in [6.07, 6.45) is 0.740. The van der Waals surface area contributed by atoms with Crippen molar-refractivity contribution in [2.75, 3.05) is 33.5 Å². The van der Waals surface area contributed by atoms with Crippen molar-refractivity contribution < 1.29 is 28.8 Å². The Hall–Kier alpha value is -4.86. The SMILES string of the molecule is CCOc1ccccc1CCNNC(=O)[C@@]1(Cc2ccccc2)N=C(c2ccc(OCCCO)cc2)O[C@H]1c1cccc(OC)c1. The highest BCUT2D eigenvalue weighted by molar-refractivity contribution is 6.01. The Kier molecular flexibility index (Phi) is 11.3. The first kappa shape index (κ1) is 32.5. The molecule has 4 aromatic rings. The molecule has 46 heavy (non-hydrogen) atoms. The Morgan fingerprint density at radius 3 is 2.48 bits per heavy atom. The maximum atomic E-state index is 14.4. The molecule has 0 bridgehead atoms. The normalized spacial score (nSPS) is 17.1. The van der Waals surface area contributed by atoms with Crippen LogP contribution < -0.4 is 25.1 Å². The lowest BCUT2D eigenvalue weighted by molar-refractivity contribution is -0.130. The van der Waals surface area contributed by atoms with Gasteiger partial charge in [-0.15, -0.1) is 0 Å². The minimum Gasteiger partial charge on any atom is -0.497 e. The first-order valence-electron chi connectivity index (χ1n) is 15.6. The van der Waals surface area contributed by atoms with E-state index in [0.29, 0.717) is 62.0 Å². The first-order valence-corrected chi connectivity index (χ1v) is 15.6. The van der Waals surface area contributed by atoms with Crippen LogP contribution in [0.4, 0.5) is 0 Å². The Balaban J connectivity index is 1.46. The lowest BCUT2D eigenvalue weighted by atomic mass is 9.82. The summed E-state index contributed by atoms with van der Waals surface area (Å²) in [5, 5.41) is 9.07. The van der Waals surface area contributed by atoms with Gasteiger partial charge in [0.05, 0.1) is 20.3 Å². The number of para-hydroxylation sites is 1. The Morgan fingerprint density at radius 1 is 0.935 bits per heavy atom. The number of nitrogens with zero attached hydrogens (tertiary/aromatic N) is 1. The monoisotopic (exact) mass is 623 g/mol. The van der Waals surface area contributed by atoms with Gasteiger partial charge in [0.1, 0.15) is 17.2 Å². The van der Waals surface area contributed by atoms with Crippen molar-refractivity contribution in [1.29, 1.82) is 0 Å². The van der Waals surface area contributed by atoms with Gasteiger partial charge in [0.2, 0.25) is 5.90 Å². The number of methoxy groups -OCH3 is 1. The summed E-state index contributed by atoms with van der Waals surface area (Å²) in [5.41, 5.74) is 8.21. The third kappa shape index (κ3) is 7.85. The number of rotatable bonds is 16. The second-order valence-corrected chi connectivity index (χ2v) is 10.9. The number of aliphatic hydroxyl groups is 1. The molecular weight excluding hydrogens is 582 g/mol. The number of carbonyl (C=O) groups excluding carboxylic acids is 1. The van der Waals surface area contributed by atoms with E-state index in [2.05, 4.69) is 10.9 Å². The first-order chi connectivity index (χ1) is 22.6. The molecule has 0 unspecified atom stereocenters. The molecule has 1 amide bonds. The van der Waals surface area contributed by atoms with E-state index in [-0.39, 0.29) is 12.5 Å². The van der Waals surface area contributed by atoms with Crippen LogP contribution in [0.15, 0.2) is 108 Å². The fourth-order valence-corrected chi connectivity index (χ4v) is 5.45. The number of aliphatic hydroxyl groups excluding tert-OH is 1. The standard InChI is InChI=1S/C37H41N3O6/c1-3-44-33-16-8-7-13-28(33)21-22-38-40-36(42)37(26-27-11-5-4-6-12-27)34(30-14-9-15-32(25-30)43-2)46-35(39-37)29-17-19-31(20-18-29)45-24-10-23-41/h4-9,11-20,25,34,38,41H,3,10,21-24,26H2,1-2H3,(H,40,42)/t34-,37-/m0/s1. The lowest BCUT2D eigenvalue weighted by Gasteiger charge is -2.31. The fraction of sp³-hybridized carbons (Fsp3) is 0.297. The number of ether oxygens (including phenoxy) is 4. The zero-order chi connectivity index (χ0) is 32.2. The van der Waals surface area contributed by atoms with Gasteiger partial charge in [0.25, 0.3) is 5.91 Å². The lowest BCUT2D eigenvalue weighted by Crippen LogP contribution is -2.54. The van der Waals surface area contributed by atoms with Crippen LogP contribution in [-0.2, 0) is 22.4 Å². The number of amides is 1. The summed E-state index contributed by atoms with van der Waals surface area (Å²) in [7, 11) is 1.61. The number of aliphatic imine (C=N–C) groups is 1. The zero-order valence-electron chi connectivity index (χ0n) is 26.3. The average Bonchev–Trinajstić information content (AvgIpc) is 3.48. The zero-order valence-corrected chi connectivity index (χ0v) is 26.3. The molecule has 0 saturated heterocycles. The molecule has 1 aliphatic heterocycles. The molecule has 0 radical (unpaired) electrons. The van der Waals surface area contributed by atoms with Crippen LogP contribution in [0.1, 0.15) is 41.7 Å². The Labute approximate surface area is 270 Å². The second-order valence-electron chi connectivity index (χ2n) is 10.9. The van der Waals surface area contributed by atoms with E-state index in [0.717, 1.165) is 22.4 Å². The van der Waals surface area contributed by atoms with Crippen molar-refractivity contribution in [3.05, 3.63) is 125 Å². The number of carbonyl (C=O) groups is 1. The van der Waals surface area contributed by atoms with Crippen molar-refractivity contribution >= 4 is 11.8 Å². The van der Waals surface area contributed by atoms with Crippen LogP contribution in [0.3, 0.4) is 0 Å². The van der Waals surface area contributed by atoms with E-state index in [4.69, 9.17) is 29.0 Å². The van der Waals surface area contributed by atoms with Crippen LogP contribution >= 0.6 is 0 Å². The minimum absolute atomic E-state index is 0.0649. The highest BCUT2D eigenvalue weighted by Crippen LogP contribution is 2.43. The van der Waals surface area contributed by atoms with Crippen molar-refractivity contribution in [1.82, 2.24) is 10.9 Å². The van der Waals surface area contributed by atoms with E-state index in [1.165, 1.54) is 0 Å². The van der Waals surface area contributed by atoms with Gasteiger partial charge in [-0.3, -0.25) is 10.2 Å². The summed E-state index contributed by atoms with van der Waals surface area (Å²) in [5.74, 6) is 2.19. The van der Waals surface area contributed by atoms with Gasteiger partial charge >= 0.3 is 0 Å². The predicted molar refractivity (Wildman–Crippen MR) is 177 cm³/mol. The molecular formula is C37H41N3O6. The number of benzene rings is 4. The third-order valence-electron chi connectivity index (χ3n) is 7.74. The molecule has 2 atom stereocenters. The third-order valence-corrected chi connectivity index (χ3v) is 7.74. The van der Waals surface area contributed by atoms with E-state index in [9.17, 15) is 4.79 Å². The number of hydrogen-bond donors (Lipinski definition) is 3. The highest BCUT2D eigenvalue weighted by atomic mass is 16.5. The fourth-order valence-electron chi connectivity index (χ4n) is 5.45. The van der Waals surface area contributed by atoms with E-state index < -0.39 is 11.6 Å². The molecule has 0 saturated carbocycles. The Bertz CT molecular complexity index is 1590. The summed E-state index contributed by atoms with van der Waals surface area (Å²) in [6.45, 7) is 3.50. The molecule has 0 aromatic heterocycles. The highest BCUT2D eigenvalue weighted by Gasteiger charge is 2.53. The molecule has 4 aromatic carbocycles. The molecule has 3 N–H and O–H groups in total. The van der Waals surface area contributed by atoms with Crippen LogP contribution in [0.5, 0.6) is 17.2 Å². The predicted octanol–water partition coefficient (Wildman–Crippen LogP) is 5.22. The van der Waals surface area contributed by atoms with E-state index in [1.807, 2.05) is 110 Å². The van der Waals surface area contributed by atoms with E-state index in [1.54, 1.807) is 7.11 Å². The number of hydrogen-bond acceptors (Lipinski definition) is 8. The molecule has 0 fully saturated rings. The van der Waals surface area contributed by atoms with E-state index >= 15 is 0 Å². The van der Waals surface area contributed by atoms with Crippen LogP contribution in [0.25, 0.3) is 0 Å². The van der Waals surface area contributed by atoms with Crippen molar-refractivity contribution in [3.8, 4) is 17.2 Å². The minimum atomic E-state index is -1.35. The maximum absolute atomic E-state index is 14.4. The summed E-state index contributed by atoms with van der Waals surface area (Å²) < 4.78 is 23.6. The molecule has 9 nitrogen and oxygen atoms in total. The van der Waals surface area contributed by atoms with Crippen LogP contribution in [0.2, 0.25) is 0 Å². The molecule has 1 aliphatic rings. The smallest absolute Gasteiger partial charge is 0.266 e. The molecule has 5 rings (SSSR count). The Morgan fingerprint density at radius 2 is 1.72 bits per heavy atom. The molecule has 1 heterocycles. The number of hydrazine groups is 1. The van der Waals surface area contributed by atoms with Crippen molar-refractivity contribution in [2.24, 2.45) is 4.99 Å². The van der Waals surface area contributed by atoms with Gasteiger partial charge in [-0.25, -0.2) is 10.4 Å². The maximum Gasteiger partial charge on any atom is 0.266 e. The van der Waals surface area contributed by atoms with Gasteiger partial charge in [-0.05, 0) is 72.5 Å². The molecule has 9 heteroatoms. The van der Waals surface area contributed by atoms with Gasteiger partial charge < -0.3 is 24.1 Å². The summed E-state index contributed by atoms with van der Waals surface area (Å²) in [6, 6.07) is 32.6. The van der Waals surface area contributed by atoms with Crippen LogP contribution in [-0.4, -0.2) is 55.9 Å². The van der Waals surface area contributed by atoms with Crippen molar-refractivity contribution in [3.63, 3.8) is 0 Å². The van der Waals surface area contributed by atoms with Gasteiger partial charge in [0, 0.05) is 31.6 Å². The largest absolute Gasteiger partial charge is 0.497 e. The average molecular weight is 624 g/mol. The quantitative estimate of drug-likeness (QED) is 0.116. The molecule has 0 spiro atoms. The van der Waals surface area contributed by atoms with Crippen LogP contribution in [0, 0.1) is 0 Å². The summed E-state index contributed by atoms with van der Waals surface area (Å²) in [4.78, 5) is 19.5.